The van der Waals surface area contributed by atoms with Crippen molar-refractivity contribution in [2.45, 2.75) is 0 Å². The molecule has 4 aromatic rings. The van der Waals surface area contributed by atoms with Crippen LogP contribution in [0.5, 0.6) is 0 Å². The van der Waals surface area contributed by atoms with Gasteiger partial charge in [0.25, 0.3) is 5.91 Å². The van der Waals surface area contributed by atoms with Crippen molar-refractivity contribution in [3.63, 3.8) is 0 Å². The first-order valence-electron chi connectivity index (χ1n) is 7.58. The summed E-state index contributed by atoms with van der Waals surface area (Å²) in [6.07, 6.45) is 1.21. The first-order chi connectivity index (χ1) is 12.9. The smallest absolute Gasteiger partial charge is 0.261 e. The Balaban J connectivity index is 1.70. The lowest BCUT2D eigenvalue weighted by molar-refractivity contribution is 0.101. The molecule has 0 spiro atoms. The molecule has 2 aromatic carbocycles. The van der Waals surface area contributed by atoms with E-state index in [9.17, 15) is 22.4 Å². The van der Waals surface area contributed by atoms with E-state index in [4.69, 9.17) is 0 Å². The summed E-state index contributed by atoms with van der Waals surface area (Å²) in [5, 5.41) is 8.66. The van der Waals surface area contributed by atoms with E-state index >= 15 is 0 Å². The van der Waals surface area contributed by atoms with Gasteiger partial charge in [-0.2, -0.15) is 5.10 Å². The molecule has 0 aliphatic heterocycles. The Bertz CT molecular complexity index is 1120. The molecule has 10 heteroatoms. The number of benzene rings is 2. The van der Waals surface area contributed by atoms with Gasteiger partial charge in [0, 0.05) is 12.1 Å². The van der Waals surface area contributed by atoms with Gasteiger partial charge in [-0.1, -0.05) is 6.07 Å². The molecule has 4 rings (SSSR count). The minimum absolute atomic E-state index is 0.0719. The molecule has 0 aliphatic rings. The maximum absolute atomic E-state index is 13.8. The molecule has 0 saturated carbocycles. The lowest BCUT2D eigenvalue weighted by atomic mass is 10.2. The van der Waals surface area contributed by atoms with E-state index in [1.54, 1.807) is 0 Å². The zero-order chi connectivity index (χ0) is 19.1. The van der Waals surface area contributed by atoms with Crippen LogP contribution in [0.25, 0.3) is 22.6 Å². The second-order valence-electron chi connectivity index (χ2n) is 5.58. The Labute approximate surface area is 148 Å². The number of aromatic nitrogens is 4. The van der Waals surface area contributed by atoms with Gasteiger partial charge in [-0.3, -0.25) is 9.89 Å². The summed E-state index contributed by atoms with van der Waals surface area (Å²) in [6, 6.07) is 4.89. The number of hydrogen-bond donors (Lipinski definition) is 3. The van der Waals surface area contributed by atoms with Crippen LogP contribution in [0, 0.1) is 23.3 Å². The van der Waals surface area contributed by atoms with Crippen LogP contribution in [0.15, 0.2) is 36.5 Å². The zero-order valence-corrected chi connectivity index (χ0v) is 13.3. The molecule has 1 amide bonds. The summed E-state index contributed by atoms with van der Waals surface area (Å²) in [4.78, 5) is 19.1. The van der Waals surface area contributed by atoms with Crippen molar-refractivity contribution >= 4 is 22.6 Å². The highest BCUT2D eigenvalue weighted by atomic mass is 19.2. The van der Waals surface area contributed by atoms with Crippen LogP contribution in [0.4, 0.5) is 23.2 Å². The third kappa shape index (κ3) is 2.90. The number of aromatic amines is 2. The van der Waals surface area contributed by atoms with Crippen LogP contribution in [0.3, 0.4) is 0 Å². The van der Waals surface area contributed by atoms with Crippen molar-refractivity contribution in [3.8, 4) is 11.5 Å². The Morgan fingerprint density at radius 3 is 2.44 bits per heavy atom. The van der Waals surface area contributed by atoms with Gasteiger partial charge in [0.2, 0.25) is 0 Å². The van der Waals surface area contributed by atoms with E-state index in [1.807, 2.05) is 0 Å². The predicted octanol–water partition coefficient (Wildman–Crippen LogP) is 3.76. The van der Waals surface area contributed by atoms with Crippen LogP contribution in [-0.2, 0) is 0 Å². The summed E-state index contributed by atoms with van der Waals surface area (Å²) in [6.45, 7) is 0. The minimum atomic E-state index is -1.06. The molecule has 6 nitrogen and oxygen atoms in total. The number of hydrogen-bond acceptors (Lipinski definition) is 3. The highest BCUT2D eigenvalue weighted by Gasteiger charge is 2.20. The highest BCUT2D eigenvalue weighted by molar-refractivity contribution is 6.06. The van der Waals surface area contributed by atoms with Crippen LogP contribution in [0.2, 0.25) is 0 Å². The summed E-state index contributed by atoms with van der Waals surface area (Å²) in [7, 11) is 0. The number of rotatable bonds is 3. The standard InChI is InChI=1S/C17H9F4N5O/c18-7-2-1-3-8(19)14(7)17(27)25-13-6-22-26-15(13)16-23-11-4-9(20)10(21)5-12(11)24-16/h1-6H,(H,22,26)(H,23,24)(H,25,27). The number of nitrogens with one attached hydrogen (secondary N) is 3. The average molecular weight is 375 g/mol. The molecule has 0 unspecified atom stereocenters. The summed E-state index contributed by atoms with van der Waals surface area (Å²) in [5.74, 6) is -5.06. The molecule has 2 heterocycles. The maximum Gasteiger partial charge on any atom is 0.261 e. The monoisotopic (exact) mass is 375 g/mol. The fourth-order valence-electron chi connectivity index (χ4n) is 2.58. The molecule has 0 aliphatic carbocycles. The van der Waals surface area contributed by atoms with Gasteiger partial charge >= 0.3 is 0 Å². The largest absolute Gasteiger partial charge is 0.337 e. The quantitative estimate of drug-likeness (QED) is 0.477. The SMILES string of the molecule is O=C(Nc1cn[nH]c1-c1nc2cc(F)c(F)cc2[nH]1)c1c(F)cccc1F. The van der Waals surface area contributed by atoms with Gasteiger partial charge in [-0.05, 0) is 12.1 Å². The van der Waals surface area contributed by atoms with E-state index in [0.29, 0.717) is 0 Å². The van der Waals surface area contributed by atoms with Crippen molar-refractivity contribution in [1.82, 2.24) is 20.2 Å². The maximum atomic E-state index is 13.8. The molecule has 3 N–H and O–H groups in total. The molecule has 0 saturated heterocycles. The molecule has 27 heavy (non-hydrogen) atoms. The van der Waals surface area contributed by atoms with Gasteiger partial charge in [-0.25, -0.2) is 22.5 Å². The molecular formula is C17H9F4N5O. The molecule has 0 radical (unpaired) electrons. The molecule has 0 atom stereocenters. The molecule has 0 bridgehead atoms. The number of fused-ring (bicyclic) bond motifs is 1. The second kappa shape index (κ2) is 6.24. The van der Waals surface area contributed by atoms with Crippen LogP contribution in [0.1, 0.15) is 10.4 Å². The number of imidazole rings is 1. The lowest BCUT2D eigenvalue weighted by Gasteiger charge is -2.06. The fourth-order valence-corrected chi connectivity index (χ4v) is 2.58. The van der Waals surface area contributed by atoms with E-state index in [0.717, 1.165) is 30.3 Å². The van der Waals surface area contributed by atoms with Gasteiger partial charge in [-0.15, -0.1) is 0 Å². The Morgan fingerprint density at radius 1 is 1.00 bits per heavy atom. The van der Waals surface area contributed by atoms with E-state index in [2.05, 4.69) is 25.5 Å². The highest BCUT2D eigenvalue weighted by Crippen LogP contribution is 2.27. The number of amides is 1. The number of H-pyrrole nitrogens is 2. The Hall–Kier alpha value is -3.69. The first kappa shape index (κ1) is 16.8. The van der Waals surface area contributed by atoms with Crippen molar-refractivity contribution in [3.05, 3.63) is 65.4 Å². The predicted molar refractivity (Wildman–Crippen MR) is 87.9 cm³/mol. The Kier molecular flexibility index (Phi) is 3.87. The van der Waals surface area contributed by atoms with Crippen molar-refractivity contribution in [1.29, 1.82) is 0 Å². The topological polar surface area (TPSA) is 86.5 Å². The molecule has 136 valence electrons. The van der Waals surface area contributed by atoms with E-state index in [-0.39, 0.29) is 28.2 Å². The molecule has 2 aromatic heterocycles. The zero-order valence-electron chi connectivity index (χ0n) is 13.3. The first-order valence-corrected chi connectivity index (χ1v) is 7.58. The van der Waals surface area contributed by atoms with E-state index in [1.165, 1.54) is 6.20 Å². The fraction of sp³-hybridized carbons (Fsp3) is 0. The Morgan fingerprint density at radius 2 is 1.70 bits per heavy atom. The number of carbonyl (C=O) groups excluding carboxylic acids is 1. The van der Waals surface area contributed by atoms with Gasteiger partial charge < -0.3 is 10.3 Å². The lowest BCUT2D eigenvalue weighted by Crippen LogP contribution is -2.16. The van der Waals surface area contributed by atoms with Crippen molar-refractivity contribution in [2.75, 3.05) is 5.32 Å². The van der Waals surface area contributed by atoms with Gasteiger partial charge in [0.1, 0.15) is 22.9 Å². The molecular weight excluding hydrogens is 366 g/mol. The number of halogens is 4. The number of anilines is 1. The number of nitrogens with zero attached hydrogens (tertiary/aromatic N) is 2. The third-order valence-electron chi connectivity index (χ3n) is 3.84. The van der Waals surface area contributed by atoms with Crippen LogP contribution < -0.4 is 5.32 Å². The average Bonchev–Trinajstić information content (AvgIpc) is 3.21. The second-order valence-corrected chi connectivity index (χ2v) is 5.58. The van der Waals surface area contributed by atoms with Crippen molar-refractivity contribution in [2.24, 2.45) is 0 Å². The summed E-state index contributed by atoms with van der Waals surface area (Å²) < 4.78 is 54.2. The minimum Gasteiger partial charge on any atom is -0.337 e. The molecule has 0 fully saturated rings. The van der Waals surface area contributed by atoms with Gasteiger partial charge in [0.15, 0.2) is 17.5 Å². The normalized spacial score (nSPS) is 11.1. The summed E-state index contributed by atoms with van der Waals surface area (Å²) >= 11 is 0. The van der Waals surface area contributed by atoms with Gasteiger partial charge in [0.05, 0.1) is 22.9 Å². The summed E-state index contributed by atoms with van der Waals surface area (Å²) in [5.41, 5.74) is -0.148. The van der Waals surface area contributed by atoms with Crippen LogP contribution in [-0.4, -0.2) is 26.1 Å². The van der Waals surface area contributed by atoms with Crippen molar-refractivity contribution < 1.29 is 22.4 Å². The number of carbonyl (C=O) groups is 1. The van der Waals surface area contributed by atoms with Crippen LogP contribution >= 0.6 is 0 Å². The third-order valence-corrected chi connectivity index (χ3v) is 3.84. The van der Waals surface area contributed by atoms with E-state index < -0.39 is 34.7 Å².